The molecular formula is C9H19NO2S2. The van der Waals surface area contributed by atoms with Crippen LogP contribution in [0.4, 0.5) is 0 Å². The average molecular weight is 237 g/mol. The zero-order chi connectivity index (χ0) is 10.6. The Morgan fingerprint density at radius 3 is 2.57 bits per heavy atom. The van der Waals surface area contributed by atoms with E-state index in [0.717, 1.165) is 12.8 Å². The summed E-state index contributed by atoms with van der Waals surface area (Å²) < 4.78 is 21.8. The van der Waals surface area contributed by atoms with E-state index in [1.165, 1.54) is 19.1 Å². The Morgan fingerprint density at radius 2 is 2.00 bits per heavy atom. The largest absolute Gasteiger partial charge is 0.327 e. The van der Waals surface area contributed by atoms with E-state index in [0.29, 0.717) is 11.0 Å². The quantitative estimate of drug-likeness (QED) is 0.793. The molecule has 5 heteroatoms. The van der Waals surface area contributed by atoms with E-state index < -0.39 is 9.84 Å². The Bertz CT molecular complexity index is 264. The van der Waals surface area contributed by atoms with Crippen LogP contribution in [0.2, 0.25) is 0 Å². The summed E-state index contributed by atoms with van der Waals surface area (Å²) in [5, 5.41) is 0.477. The van der Waals surface area contributed by atoms with Crippen molar-refractivity contribution in [3.05, 3.63) is 0 Å². The highest BCUT2D eigenvalue weighted by Gasteiger charge is 2.22. The third-order valence-corrected chi connectivity index (χ3v) is 5.20. The van der Waals surface area contributed by atoms with Crippen LogP contribution in [-0.4, -0.2) is 37.5 Å². The Morgan fingerprint density at radius 1 is 1.36 bits per heavy atom. The van der Waals surface area contributed by atoms with Crippen LogP contribution in [0, 0.1) is 0 Å². The number of thioether (sulfide) groups is 1. The van der Waals surface area contributed by atoms with Gasteiger partial charge in [-0.05, 0) is 12.8 Å². The zero-order valence-corrected chi connectivity index (χ0v) is 10.2. The van der Waals surface area contributed by atoms with Gasteiger partial charge in [-0.2, -0.15) is 11.8 Å². The molecule has 0 bridgehead atoms. The minimum absolute atomic E-state index is 0.272. The molecule has 0 amide bonds. The van der Waals surface area contributed by atoms with Crippen molar-refractivity contribution >= 4 is 21.6 Å². The van der Waals surface area contributed by atoms with Gasteiger partial charge < -0.3 is 5.73 Å². The molecule has 1 aliphatic carbocycles. The smallest absolute Gasteiger partial charge is 0.148 e. The van der Waals surface area contributed by atoms with Gasteiger partial charge >= 0.3 is 0 Å². The number of sulfone groups is 1. The molecule has 1 rings (SSSR count). The third kappa shape index (κ3) is 4.66. The first-order chi connectivity index (χ1) is 6.49. The summed E-state index contributed by atoms with van der Waals surface area (Å²) in [7, 11) is -2.80. The Hall–Kier alpha value is 0.260. The van der Waals surface area contributed by atoms with Gasteiger partial charge in [0.25, 0.3) is 0 Å². The van der Waals surface area contributed by atoms with E-state index in [1.807, 2.05) is 0 Å². The minimum Gasteiger partial charge on any atom is -0.327 e. The van der Waals surface area contributed by atoms with Crippen LogP contribution >= 0.6 is 11.8 Å². The lowest BCUT2D eigenvalue weighted by atomic mass is 9.96. The van der Waals surface area contributed by atoms with Crippen molar-refractivity contribution in [1.29, 1.82) is 0 Å². The van der Waals surface area contributed by atoms with Crippen molar-refractivity contribution in [2.24, 2.45) is 5.73 Å². The molecule has 2 unspecified atom stereocenters. The summed E-state index contributed by atoms with van der Waals surface area (Å²) >= 11 is 1.73. The lowest BCUT2D eigenvalue weighted by Crippen LogP contribution is -2.35. The lowest BCUT2D eigenvalue weighted by Gasteiger charge is -2.27. The highest BCUT2D eigenvalue weighted by Crippen LogP contribution is 2.27. The van der Waals surface area contributed by atoms with Gasteiger partial charge in [0.1, 0.15) is 9.84 Å². The van der Waals surface area contributed by atoms with Gasteiger partial charge in [0.15, 0.2) is 0 Å². The molecule has 0 aromatic heterocycles. The van der Waals surface area contributed by atoms with Crippen LogP contribution in [0.5, 0.6) is 0 Å². The zero-order valence-electron chi connectivity index (χ0n) is 8.61. The van der Waals surface area contributed by atoms with Gasteiger partial charge in [0.05, 0.1) is 5.75 Å². The SMILES string of the molecule is CS(=O)(=O)CCSC1CCCCC1N. The third-order valence-electron chi connectivity index (χ3n) is 2.54. The Labute approximate surface area is 90.7 Å². The van der Waals surface area contributed by atoms with E-state index in [4.69, 9.17) is 5.73 Å². The first-order valence-corrected chi connectivity index (χ1v) is 8.15. The van der Waals surface area contributed by atoms with Crippen molar-refractivity contribution < 1.29 is 8.42 Å². The van der Waals surface area contributed by atoms with Gasteiger partial charge in [-0.1, -0.05) is 12.8 Å². The van der Waals surface area contributed by atoms with Gasteiger partial charge in [0, 0.05) is 23.3 Å². The summed E-state index contributed by atoms with van der Waals surface area (Å²) in [5.41, 5.74) is 5.96. The standard InChI is InChI=1S/C9H19NO2S2/c1-14(11,12)7-6-13-9-5-3-2-4-8(9)10/h8-9H,2-7,10H2,1H3. The van der Waals surface area contributed by atoms with E-state index in [-0.39, 0.29) is 11.8 Å². The molecule has 84 valence electrons. The molecule has 0 aromatic carbocycles. The molecule has 0 aromatic rings. The maximum Gasteiger partial charge on any atom is 0.148 e. The summed E-state index contributed by atoms with van der Waals surface area (Å²) in [6, 6.07) is 0.272. The van der Waals surface area contributed by atoms with E-state index >= 15 is 0 Å². The van der Waals surface area contributed by atoms with Crippen molar-refractivity contribution in [2.45, 2.75) is 37.0 Å². The summed E-state index contributed by atoms with van der Waals surface area (Å²) in [6.45, 7) is 0. The number of hydrogen-bond acceptors (Lipinski definition) is 4. The number of nitrogens with two attached hydrogens (primary N) is 1. The second-order valence-corrected chi connectivity index (χ2v) is 7.59. The first-order valence-electron chi connectivity index (χ1n) is 5.04. The fourth-order valence-corrected chi connectivity index (χ4v) is 4.30. The number of hydrogen-bond donors (Lipinski definition) is 1. The molecule has 0 radical (unpaired) electrons. The Balaban J connectivity index is 2.23. The highest BCUT2D eigenvalue weighted by molar-refractivity contribution is 8.01. The molecular weight excluding hydrogens is 218 g/mol. The maximum atomic E-state index is 10.9. The molecule has 14 heavy (non-hydrogen) atoms. The fourth-order valence-electron chi connectivity index (χ4n) is 1.68. The summed E-state index contributed by atoms with van der Waals surface area (Å²) in [5.74, 6) is 0.970. The normalized spacial score (nSPS) is 29.0. The van der Waals surface area contributed by atoms with Crippen molar-refractivity contribution in [3.63, 3.8) is 0 Å². The van der Waals surface area contributed by atoms with Gasteiger partial charge in [0.2, 0.25) is 0 Å². The van der Waals surface area contributed by atoms with Crippen molar-refractivity contribution in [1.82, 2.24) is 0 Å². The van der Waals surface area contributed by atoms with Crippen LogP contribution in [-0.2, 0) is 9.84 Å². The van der Waals surface area contributed by atoms with Crippen molar-refractivity contribution in [2.75, 3.05) is 17.8 Å². The molecule has 2 N–H and O–H groups in total. The molecule has 0 saturated heterocycles. The topological polar surface area (TPSA) is 60.2 Å². The molecule has 0 heterocycles. The van der Waals surface area contributed by atoms with Crippen LogP contribution in [0.15, 0.2) is 0 Å². The van der Waals surface area contributed by atoms with Crippen LogP contribution in [0.1, 0.15) is 25.7 Å². The fraction of sp³-hybridized carbons (Fsp3) is 1.00. The van der Waals surface area contributed by atoms with Gasteiger partial charge in [-0.15, -0.1) is 0 Å². The van der Waals surface area contributed by atoms with Crippen LogP contribution in [0.3, 0.4) is 0 Å². The second kappa shape index (κ2) is 5.37. The predicted octanol–water partition coefficient (Wildman–Crippen LogP) is 1.03. The predicted molar refractivity (Wildman–Crippen MR) is 62.4 cm³/mol. The second-order valence-electron chi connectivity index (χ2n) is 3.99. The average Bonchev–Trinajstić information content (AvgIpc) is 2.06. The monoisotopic (exact) mass is 237 g/mol. The van der Waals surface area contributed by atoms with E-state index in [1.54, 1.807) is 11.8 Å². The molecule has 1 aliphatic rings. The molecule has 0 aliphatic heterocycles. The van der Waals surface area contributed by atoms with E-state index in [9.17, 15) is 8.42 Å². The van der Waals surface area contributed by atoms with Crippen molar-refractivity contribution in [3.8, 4) is 0 Å². The highest BCUT2D eigenvalue weighted by atomic mass is 32.2. The van der Waals surface area contributed by atoms with Gasteiger partial charge in [-0.25, -0.2) is 8.42 Å². The minimum atomic E-state index is -2.80. The molecule has 3 nitrogen and oxygen atoms in total. The lowest BCUT2D eigenvalue weighted by molar-refractivity contribution is 0.453. The number of rotatable bonds is 4. The maximum absolute atomic E-state index is 10.9. The first kappa shape index (κ1) is 12.3. The molecule has 2 atom stereocenters. The van der Waals surface area contributed by atoms with Crippen LogP contribution in [0.25, 0.3) is 0 Å². The van der Waals surface area contributed by atoms with E-state index in [2.05, 4.69) is 0 Å². The molecule has 0 spiro atoms. The van der Waals surface area contributed by atoms with Gasteiger partial charge in [-0.3, -0.25) is 0 Å². The molecule has 1 fully saturated rings. The molecule has 1 saturated carbocycles. The summed E-state index contributed by atoms with van der Waals surface area (Å²) in [4.78, 5) is 0. The Kier molecular flexibility index (Phi) is 4.73. The van der Waals surface area contributed by atoms with Crippen LogP contribution < -0.4 is 5.73 Å². The summed E-state index contributed by atoms with van der Waals surface area (Å²) in [6.07, 6.45) is 6.00.